The number of carbonyl (C=O) groups excluding carboxylic acids is 2. The van der Waals surface area contributed by atoms with E-state index < -0.39 is 11.8 Å². The van der Waals surface area contributed by atoms with Crippen LogP contribution < -0.4 is 15.4 Å². The highest BCUT2D eigenvalue weighted by Crippen LogP contribution is 2.24. The molecular formula is C21H18ClN3O3. The summed E-state index contributed by atoms with van der Waals surface area (Å²) < 4.78 is 5.22. The van der Waals surface area contributed by atoms with Crippen molar-refractivity contribution in [1.29, 1.82) is 0 Å². The Morgan fingerprint density at radius 2 is 1.54 bits per heavy atom. The van der Waals surface area contributed by atoms with Gasteiger partial charge in [-0.25, -0.2) is 4.98 Å². The second-order valence-electron chi connectivity index (χ2n) is 5.98. The molecule has 0 aliphatic rings. The summed E-state index contributed by atoms with van der Waals surface area (Å²) >= 11 is 5.98. The molecular weight excluding hydrogens is 378 g/mol. The van der Waals surface area contributed by atoms with Crippen LogP contribution >= 0.6 is 11.6 Å². The maximum Gasteiger partial charge on any atom is 0.274 e. The zero-order valence-corrected chi connectivity index (χ0v) is 16.1. The van der Waals surface area contributed by atoms with E-state index in [1.807, 2.05) is 13.0 Å². The Hall–Kier alpha value is -3.38. The van der Waals surface area contributed by atoms with E-state index in [4.69, 9.17) is 16.3 Å². The monoisotopic (exact) mass is 395 g/mol. The lowest BCUT2D eigenvalue weighted by Crippen LogP contribution is -2.19. The summed E-state index contributed by atoms with van der Waals surface area (Å²) in [5.74, 6) is -0.350. The zero-order valence-electron chi connectivity index (χ0n) is 15.3. The average Bonchev–Trinajstić information content (AvgIpc) is 2.71. The number of ether oxygens (including phenoxy) is 1. The molecule has 0 saturated carbocycles. The number of aryl methyl sites for hydroxylation is 1. The zero-order chi connectivity index (χ0) is 20.1. The summed E-state index contributed by atoms with van der Waals surface area (Å²) in [7, 11) is 1.52. The highest BCUT2D eigenvalue weighted by molar-refractivity contribution is 6.31. The van der Waals surface area contributed by atoms with Gasteiger partial charge in [-0.15, -0.1) is 0 Å². The van der Waals surface area contributed by atoms with Crippen molar-refractivity contribution in [3.8, 4) is 5.75 Å². The van der Waals surface area contributed by atoms with Crippen LogP contribution in [0.3, 0.4) is 0 Å². The molecule has 28 heavy (non-hydrogen) atoms. The van der Waals surface area contributed by atoms with Crippen LogP contribution in [-0.4, -0.2) is 23.9 Å². The quantitative estimate of drug-likeness (QED) is 0.663. The van der Waals surface area contributed by atoms with Crippen molar-refractivity contribution in [3.63, 3.8) is 0 Å². The van der Waals surface area contributed by atoms with E-state index in [9.17, 15) is 9.59 Å². The first-order chi connectivity index (χ1) is 13.5. The molecule has 3 aromatic rings. The topological polar surface area (TPSA) is 80.3 Å². The Kier molecular flexibility index (Phi) is 5.91. The summed E-state index contributed by atoms with van der Waals surface area (Å²) in [4.78, 5) is 29.3. The maximum atomic E-state index is 12.5. The number of amides is 2. The van der Waals surface area contributed by atoms with Crippen molar-refractivity contribution in [3.05, 3.63) is 82.6 Å². The third-order valence-electron chi connectivity index (χ3n) is 4.02. The Labute approximate surface area is 167 Å². The van der Waals surface area contributed by atoms with Gasteiger partial charge < -0.3 is 15.4 Å². The van der Waals surface area contributed by atoms with Gasteiger partial charge in [0.2, 0.25) is 0 Å². The van der Waals surface area contributed by atoms with Crippen LogP contribution in [0.4, 0.5) is 11.4 Å². The van der Waals surface area contributed by atoms with E-state index in [1.54, 1.807) is 42.5 Å². The third-order valence-corrected chi connectivity index (χ3v) is 4.25. The van der Waals surface area contributed by atoms with Gasteiger partial charge in [-0.05, 0) is 48.9 Å². The Bertz CT molecular complexity index is 1040. The number of hydrogen-bond donors (Lipinski definition) is 2. The van der Waals surface area contributed by atoms with E-state index in [0.717, 1.165) is 5.56 Å². The molecule has 0 fully saturated rings. The average molecular weight is 396 g/mol. The largest absolute Gasteiger partial charge is 0.495 e. The normalized spacial score (nSPS) is 10.2. The van der Waals surface area contributed by atoms with Crippen molar-refractivity contribution >= 4 is 34.8 Å². The van der Waals surface area contributed by atoms with Crippen LogP contribution in [0, 0.1) is 6.92 Å². The first kappa shape index (κ1) is 19.4. The third kappa shape index (κ3) is 4.47. The lowest BCUT2D eigenvalue weighted by Gasteiger charge is -2.11. The lowest BCUT2D eigenvalue weighted by atomic mass is 10.2. The van der Waals surface area contributed by atoms with Gasteiger partial charge in [-0.1, -0.05) is 35.9 Å². The molecule has 0 saturated heterocycles. The number of aromatic nitrogens is 1. The lowest BCUT2D eigenvalue weighted by molar-refractivity contribution is 0.101. The number of carbonyl (C=O) groups is 2. The van der Waals surface area contributed by atoms with Crippen LogP contribution in [0.1, 0.15) is 26.5 Å². The SMILES string of the molecule is COc1ccccc1NC(=O)c1cccc(C(=O)Nc2cc(Cl)ccc2C)n1. The summed E-state index contributed by atoms with van der Waals surface area (Å²) in [5.41, 5.74) is 2.20. The summed E-state index contributed by atoms with van der Waals surface area (Å²) in [5, 5.41) is 6.01. The van der Waals surface area contributed by atoms with Gasteiger partial charge >= 0.3 is 0 Å². The van der Waals surface area contributed by atoms with Crippen molar-refractivity contribution in [2.75, 3.05) is 17.7 Å². The van der Waals surface area contributed by atoms with Crippen LogP contribution in [-0.2, 0) is 0 Å². The molecule has 7 heteroatoms. The highest BCUT2D eigenvalue weighted by atomic mass is 35.5. The minimum absolute atomic E-state index is 0.112. The number of hydrogen-bond acceptors (Lipinski definition) is 4. The van der Waals surface area contributed by atoms with E-state index in [0.29, 0.717) is 22.1 Å². The summed E-state index contributed by atoms with van der Waals surface area (Å²) in [6, 6.07) is 16.9. The van der Waals surface area contributed by atoms with Crippen molar-refractivity contribution in [2.45, 2.75) is 6.92 Å². The highest BCUT2D eigenvalue weighted by Gasteiger charge is 2.15. The second-order valence-corrected chi connectivity index (χ2v) is 6.41. The molecule has 2 N–H and O–H groups in total. The smallest absolute Gasteiger partial charge is 0.274 e. The van der Waals surface area contributed by atoms with Gasteiger partial charge in [0.15, 0.2) is 0 Å². The molecule has 2 aromatic carbocycles. The van der Waals surface area contributed by atoms with Gasteiger partial charge in [0.05, 0.1) is 12.8 Å². The number of nitrogens with zero attached hydrogens (tertiary/aromatic N) is 1. The first-order valence-electron chi connectivity index (χ1n) is 8.47. The number of methoxy groups -OCH3 is 1. The van der Waals surface area contributed by atoms with Crippen LogP contribution in [0.5, 0.6) is 5.75 Å². The number of rotatable bonds is 5. The van der Waals surface area contributed by atoms with E-state index >= 15 is 0 Å². The molecule has 3 rings (SSSR count). The van der Waals surface area contributed by atoms with Crippen LogP contribution in [0.15, 0.2) is 60.7 Å². The molecule has 2 amide bonds. The molecule has 0 aliphatic carbocycles. The van der Waals surface area contributed by atoms with Crippen LogP contribution in [0.2, 0.25) is 5.02 Å². The number of anilines is 2. The fourth-order valence-corrected chi connectivity index (χ4v) is 2.71. The molecule has 0 unspecified atom stereocenters. The van der Waals surface area contributed by atoms with Gasteiger partial charge in [0, 0.05) is 10.7 Å². The molecule has 0 atom stereocenters. The molecule has 1 aromatic heterocycles. The molecule has 0 aliphatic heterocycles. The Morgan fingerprint density at radius 1 is 0.893 bits per heavy atom. The van der Waals surface area contributed by atoms with E-state index in [2.05, 4.69) is 15.6 Å². The Balaban J connectivity index is 1.78. The predicted octanol–water partition coefficient (Wildman–Crippen LogP) is 4.56. The molecule has 0 spiro atoms. The molecule has 0 bridgehead atoms. The summed E-state index contributed by atoms with van der Waals surface area (Å²) in [6.07, 6.45) is 0. The van der Waals surface area contributed by atoms with Gasteiger partial charge in [0.1, 0.15) is 17.1 Å². The minimum atomic E-state index is -0.446. The number of pyridine rings is 1. The maximum absolute atomic E-state index is 12.5. The molecule has 1 heterocycles. The Morgan fingerprint density at radius 3 is 2.21 bits per heavy atom. The van der Waals surface area contributed by atoms with E-state index in [1.165, 1.54) is 19.2 Å². The second kappa shape index (κ2) is 8.54. The van der Waals surface area contributed by atoms with Crippen molar-refractivity contribution in [1.82, 2.24) is 4.98 Å². The number of nitrogens with one attached hydrogen (secondary N) is 2. The van der Waals surface area contributed by atoms with Gasteiger partial charge in [-0.3, -0.25) is 9.59 Å². The molecule has 0 radical (unpaired) electrons. The number of para-hydroxylation sites is 2. The fraction of sp³-hybridized carbons (Fsp3) is 0.0952. The summed E-state index contributed by atoms with van der Waals surface area (Å²) in [6.45, 7) is 1.86. The first-order valence-corrected chi connectivity index (χ1v) is 8.84. The predicted molar refractivity (Wildman–Crippen MR) is 109 cm³/mol. The van der Waals surface area contributed by atoms with E-state index in [-0.39, 0.29) is 11.4 Å². The van der Waals surface area contributed by atoms with Crippen molar-refractivity contribution in [2.24, 2.45) is 0 Å². The number of halogens is 1. The van der Waals surface area contributed by atoms with Crippen LogP contribution in [0.25, 0.3) is 0 Å². The fourth-order valence-electron chi connectivity index (χ4n) is 2.54. The van der Waals surface area contributed by atoms with Crippen molar-refractivity contribution < 1.29 is 14.3 Å². The minimum Gasteiger partial charge on any atom is -0.495 e. The molecule has 142 valence electrons. The van der Waals surface area contributed by atoms with Gasteiger partial charge in [0.25, 0.3) is 11.8 Å². The molecule has 6 nitrogen and oxygen atoms in total. The standard InChI is InChI=1S/C21H18ClN3O3/c1-13-10-11-14(22)12-18(13)25-21(27)17-8-5-7-16(23-17)20(26)24-15-6-3-4-9-19(15)28-2/h3-12H,1-2H3,(H,24,26)(H,25,27). The van der Waals surface area contributed by atoms with Gasteiger partial charge in [-0.2, -0.15) is 0 Å². The number of benzene rings is 2.